The number of carbonyl (C=O) groups excluding carboxylic acids is 1. The summed E-state index contributed by atoms with van der Waals surface area (Å²) in [6, 6.07) is 15.2. The fraction of sp³-hybridized carbons (Fsp3) is 0.375. The molecule has 0 spiro atoms. The normalized spacial score (nSPS) is 15.4. The van der Waals surface area contributed by atoms with Gasteiger partial charge in [-0.05, 0) is 29.8 Å². The number of hydrogen-bond acceptors (Lipinski definition) is 6. The first kappa shape index (κ1) is 22.0. The van der Waals surface area contributed by atoms with E-state index in [2.05, 4.69) is 15.2 Å². The lowest BCUT2D eigenvalue weighted by molar-refractivity contribution is -0.121. The summed E-state index contributed by atoms with van der Waals surface area (Å²) in [5.41, 5.74) is 1.64. The van der Waals surface area contributed by atoms with Crippen molar-refractivity contribution in [2.45, 2.75) is 19.0 Å². The van der Waals surface area contributed by atoms with E-state index in [4.69, 9.17) is 9.47 Å². The highest BCUT2D eigenvalue weighted by molar-refractivity contribution is 5.77. The van der Waals surface area contributed by atoms with Crippen LogP contribution >= 0.6 is 0 Å². The maximum absolute atomic E-state index is 12.6. The van der Waals surface area contributed by atoms with E-state index in [1.54, 1.807) is 19.2 Å². The molecule has 168 valence electrons. The van der Waals surface area contributed by atoms with Crippen LogP contribution in [-0.2, 0) is 16.1 Å². The van der Waals surface area contributed by atoms with Gasteiger partial charge in [-0.1, -0.05) is 24.3 Å². The third-order valence-electron chi connectivity index (χ3n) is 5.79. The van der Waals surface area contributed by atoms with Crippen molar-refractivity contribution in [2.75, 3.05) is 40.0 Å². The molecule has 8 heteroatoms. The molecule has 1 saturated heterocycles. The van der Waals surface area contributed by atoms with Gasteiger partial charge in [-0.3, -0.25) is 19.1 Å². The minimum Gasteiger partial charge on any atom is -0.497 e. The number of morpholine rings is 1. The molecule has 2 aromatic carbocycles. The molecule has 1 atom stereocenters. The van der Waals surface area contributed by atoms with Crippen LogP contribution in [-0.4, -0.2) is 60.3 Å². The quantitative estimate of drug-likeness (QED) is 0.581. The molecule has 2 heterocycles. The molecule has 3 aromatic rings. The predicted octanol–water partition coefficient (Wildman–Crippen LogP) is 1.98. The van der Waals surface area contributed by atoms with E-state index in [0.717, 1.165) is 24.4 Å². The lowest BCUT2D eigenvalue weighted by Gasteiger charge is -2.35. The number of methoxy groups -OCH3 is 1. The monoisotopic (exact) mass is 436 g/mol. The second kappa shape index (κ2) is 10.4. The summed E-state index contributed by atoms with van der Waals surface area (Å²) in [6.45, 7) is 3.75. The number of amides is 1. The number of nitrogens with zero attached hydrogens (tertiary/aromatic N) is 3. The van der Waals surface area contributed by atoms with Gasteiger partial charge in [0.25, 0.3) is 5.56 Å². The van der Waals surface area contributed by atoms with Crippen LogP contribution in [0.3, 0.4) is 0 Å². The molecule has 8 nitrogen and oxygen atoms in total. The summed E-state index contributed by atoms with van der Waals surface area (Å²) in [5, 5.41) is 3.60. The van der Waals surface area contributed by atoms with Crippen LogP contribution < -0.4 is 15.6 Å². The van der Waals surface area contributed by atoms with Gasteiger partial charge in [0.15, 0.2) is 0 Å². The highest BCUT2D eigenvalue weighted by atomic mass is 16.5. The zero-order valence-electron chi connectivity index (χ0n) is 18.2. The van der Waals surface area contributed by atoms with Crippen LogP contribution in [0.5, 0.6) is 5.75 Å². The van der Waals surface area contributed by atoms with Crippen molar-refractivity contribution in [3.8, 4) is 5.75 Å². The van der Waals surface area contributed by atoms with Crippen molar-refractivity contribution >= 4 is 16.8 Å². The van der Waals surface area contributed by atoms with Crippen LogP contribution in [0, 0.1) is 0 Å². The summed E-state index contributed by atoms with van der Waals surface area (Å²) in [4.78, 5) is 31.8. The number of rotatable bonds is 8. The van der Waals surface area contributed by atoms with Gasteiger partial charge in [0.05, 0.1) is 43.6 Å². The Bertz CT molecular complexity index is 1110. The smallest absolute Gasteiger partial charge is 0.261 e. The van der Waals surface area contributed by atoms with E-state index in [9.17, 15) is 9.59 Å². The van der Waals surface area contributed by atoms with Crippen LogP contribution in [0.2, 0.25) is 0 Å². The average Bonchev–Trinajstić information content (AvgIpc) is 2.85. The number of hydrogen-bond donors (Lipinski definition) is 1. The van der Waals surface area contributed by atoms with Gasteiger partial charge in [0.1, 0.15) is 5.75 Å². The van der Waals surface area contributed by atoms with Crippen molar-refractivity contribution in [3.63, 3.8) is 0 Å². The van der Waals surface area contributed by atoms with E-state index in [0.29, 0.717) is 30.7 Å². The number of benzene rings is 2. The van der Waals surface area contributed by atoms with E-state index in [1.807, 2.05) is 36.4 Å². The van der Waals surface area contributed by atoms with Gasteiger partial charge in [0.2, 0.25) is 5.91 Å². The summed E-state index contributed by atoms with van der Waals surface area (Å²) >= 11 is 0. The SMILES string of the molecule is COc1ccc([C@H](CNC(=O)CCn2cnc3ccccc3c2=O)N2CCOCC2)cc1. The Morgan fingerprint density at radius 2 is 1.91 bits per heavy atom. The van der Waals surface area contributed by atoms with Gasteiger partial charge < -0.3 is 14.8 Å². The van der Waals surface area contributed by atoms with Crippen molar-refractivity contribution < 1.29 is 14.3 Å². The summed E-state index contributed by atoms with van der Waals surface area (Å²) in [5.74, 6) is 0.699. The third kappa shape index (κ3) is 5.15. The second-order valence-corrected chi connectivity index (χ2v) is 7.75. The molecule has 1 aromatic heterocycles. The van der Waals surface area contributed by atoms with Crippen molar-refractivity contribution in [3.05, 3.63) is 70.8 Å². The number of carbonyl (C=O) groups is 1. The number of aromatic nitrogens is 2. The number of nitrogens with one attached hydrogen (secondary N) is 1. The molecule has 1 fully saturated rings. The molecular formula is C24H28N4O4. The van der Waals surface area contributed by atoms with Gasteiger partial charge >= 0.3 is 0 Å². The van der Waals surface area contributed by atoms with Crippen LogP contribution in [0.4, 0.5) is 0 Å². The molecule has 0 bridgehead atoms. The predicted molar refractivity (Wildman–Crippen MR) is 122 cm³/mol. The standard InChI is InChI=1S/C24H28N4O4/c1-31-19-8-6-18(7-9-19)22(27-12-14-32-15-13-27)16-25-23(29)10-11-28-17-26-21-5-3-2-4-20(21)24(28)30/h2-9,17,22H,10-16H2,1H3,(H,25,29)/t22-/m0/s1. The molecule has 4 rings (SSSR count). The molecule has 0 saturated carbocycles. The Morgan fingerprint density at radius 3 is 2.66 bits per heavy atom. The molecular weight excluding hydrogens is 408 g/mol. The molecule has 0 unspecified atom stereocenters. The summed E-state index contributed by atoms with van der Waals surface area (Å²) in [6.07, 6.45) is 1.71. The largest absolute Gasteiger partial charge is 0.497 e. The number of fused-ring (bicyclic) bond motifs is 1. The van der Waals surface area contributed by atoms with Gasteiger partial charge in [0, 0.05) is 32.6 Å². The molecule has 0 aliphatic carbocycles. The molecule has 1 aliphatic rings. The van der Waals surface area contributed by atoms with E-state index in [-0.39, 0.29) is 30.5 Å². The number of ether oxygens (including phenoxy) is 2. The van der Waals surface area contributed by atoms with Crippen molar-refractivity contribution in [2.24, 2.45) is 0 Å². The Balaban J connectivity index is 1.39. The van der Waals surface area contributed by atoms with Gasteiger partial charge in [-0.2, -0.15) is 0 Å². The lowest BCUT2D eigenvalue weighted by Crippen LogP contribution is -2.44. The van der Waals surface area contributed by atoms with Gasteiger partial charge in [-0.25, -0.2) is 4.98 Å². The highest BCUT2D eigenvalue weighted by Gasteiger charge is 2.23. The average molecular weight is 437 g/mol. The Hall–Kier alpha value is -3.23. The minimum atomic E-state index is -0.132. The molecule has 0 radical (unpaired) electrons. The maximum atomic E-state index is 12.6. The van der Waals surface area contributed by atoms with Gasteiger partial charge in [-0.15, -0.1) is 0 Å². The lowest BCUT2D eigenvalue weighted by atomic mass is 10.0. The van der Waals surface area contributed by atoms with E-state index >= 15 is 0 Å². The topological polar surface area (TPSA) is 85.7 Å². The Morgan fingerprint density at radius 1 is 1.16 bits per heavy atom. The second-order valence-electron chi connectivity index (χ2n) is 7.75. The van der Waals surface area contributed by atoms with E-state index < -0.39 is 0 Å². The zero-order chi connectivity index (χ0) is 22.3. The van der Waals surface area contributed by atoms with E-state index in [1.165, 1.54) is 10.9 Å². The first-order valence-corrected chi connectivity index (χ1v) is 10.8. The zero-order valence-corrected chi connectivity index (χ0v) is 18.2. The van der Waals surface area contributed by atoms with Crippen LogP contribution in [0.15, 0.2) is 59.7 Å². The highest BCUT2D eigenvalue weighted by Crippen LogP contribution is 2.23. The molecule has 1 N–H and O–H groups in total. The Labute approximate surface area is 186 Å². The molecule has 1 amide bonds. The number of aryl methyl sites for hydroxylation is 1. The number of para-hydroxylation sites is 1. The van der Waals surface area contributed by atoms with Crippen LogP contribution in [0.1, 0.15) is 18.0 Å². The fourth-order valence-electron chi connectivity index (χ4n) is 3.96. The maximum Gasteiger partial charge on any atom is 0.261 e. The Kier molecular flexibility index (Phi) is 7.14. The first-order chi connectivity index (χ1) is 15.7. The molecule has 1 aliphatic heterocycles. The summed E-state index contributed by atoms with van der Waals surface area (Å²) < 4.78 is 12.2. The van der Waals surface area contributed by atoms with Crippen LogP contribution in [0.25, 0.3) is 10.9 Å². The third-order valence-corrected chi connectivity index (χ3v) is 5.79. The summed E-state index contributed by atoms with van der Waals surface area (Å²) in [7, 11) is 1.64. The minimum absolute atomic E-state index is 0.0406. The fourth-order valence-corrected chi connectivity index (χ4v) is 3.96. The molecule has 32 heavy (non-hydrogen) atoms. The van der Waals surface area contributed by atoms with Crippen molar-refractivity contribution in [1.82, 2.24) is 19.8 Å². The first-order valence-electron chi connectivity index (χ1n) is 10.8. The van der Waals surface area contributed by atoms with Crippen molar-refractivity contribution in [1.29, 1.82) is 0 Å².